The molecule has 1 aliphatic carbocycles. The van der Waals surface area contributed by atoms with Crippen molar-refractivity contribution in [1.29, 1.82) is 0 Å². The highest BCUT2D eigenvalue weighted by Crippen LogP contribution is 2.42. The molecule has 1 aliphatic rings. The van der Waals surface area contributed by atoms with Crippen molar-refractivity contribution >= 4 is 24.5 Å². The fraction of sp³-hybridized carbons (Fsp3) is 0.400. The summed E-state index contributed by atoms with van der Waals surface area (Å²) in [6.45, 7) is 1.08. The summed E-state index contributed by atoms with van der Waals surface area (Å²) < 4.78 is 10.3. The highest BCUT2D eigenvalue weighted by molar-refractivity contribution is 5.90. The van der Waals surface area contributed by atoms with Crippen molar-refractivity contribution < 1.29 is 14.3 Å². The van der Waals surface area contributed by atoms with Crippen LogP contribution in [0.4, 0.5) is 0 Å². The minimum Gasteiger partial charge on any atom is -0.497 e. The van der Waals surface area contributed by atoms with Gasteiger partial charge in [-0.2, -0.15) is 0 Å². The van der Waals surface area contributed by atoms with E-state index in [-0.39, 0.29) is 18.4 Å². The quantitative estimate of drug-likeness (QED) is 0.573. The molecule has 3 rings (SSSR count). The van der Waals surface area contributed by atoms with Crippen molar-refractivity contribution in [3.8, 4) is 5.75 Å². The molecule has 2 aromatic rings. The lowest BCUT2D eigenvalue weighted by Crippen LogP contribution is -2.29. The Hall–Kier alpha value is -2.30. The normalized spacial score (nSPS) is 20.0. The topological polar surface area (TPSA) is 38.8 Å². The van der Waals surface area contributed by atoms with Crippen LogP contribution in [0.3, 0.4) is 0 Å². The first kappa shape index (κ1) is 24.0. The van der Waals surface area contributed by atoms with Crippen LogP contribution in [0, 0.1) is 5.92 Å². The third-order valence-corrected chi connectivity index (χ3v) is 5.69. The van der Waals surface area contributed by atoms with E-state index in [1.807, 2.05) is 24.3 Å². The van der Waals surface area contributed by atoms with E-state index in [4.69, 9.17) is 9.47 Å². The van der Waals surface area contributed by atoms with E-state index in [0.29, 0.717) is 17.4 Å². The third-order valence-electron chi connectivity index (χ3n) is 5.69. The minimum absolute atomic E-state index is 0. The summed E-state index contributed by atoms with van der Waals surface area (Å²) in [5.41, 5.74) is 4.41. The first-order chi connectivity index (χ1) is 14.0. The number of nitrogens with zero attached hydrogens (tertiary/aromatic N) is 1. The Labute approximate surface area is 186 Å². The van der Waals surface area contributed by atoms with Gasteiger partial charge in [0.05, 0.1) is 19.8 Å². The number of ether oxygens (including phenoxy) is 2. The van der Waals surface area contributed by atoms with Gasteiger partial charge in [-0.3, -0.25) is 0 Å². The zero-order valence-electron chi connectivity index (χ0n) is 18.3. The number of benzene rings is 2. The number of allylic oxidation sites excluding steroid dienone is 1. The Morgan fingerprint density at radius 1 is 1.13 bits per heavy atom. The maximum Gasteiger partial charge on any atom is 0.337 e. The molecule has 5 heteroatoms. The first-order valence-corrected chi connectivity index (χ1v) is 10.2. The molecular formula is C25H32ClNO3. The highest BCUT2D eigenvalue weighted by atomic mass is 35.5. The lowest BCUT2D eigenvalue weighted by Gasteiger charge is -2.35. The Bertz CT molecular complexity index is 878. The Morgan fingerprint density at radius 2 is 1.90 bits per heavy atom. The maximum atomic E-state index is 11.8. The number of carbonyl (C=O) groups is 1. The molecule has 0 spiro atoms. The van der Waals surface area contributed by atoms with Crippen molar-refractivity contribution in [2.45, 2.75) is 25.2 Å². The van der Waals surface area contributed by atoms with E-state index in [1.165, 1.54) is 18.2 Å². The van der Waals surface area contributed by atoms with E-state index in [9.17, 15) is 4.79 Å². The number of hydrogen-bond acceptors (Lipinski definition) is 4. The van der Waals surface area contributed by atoms with Crippen LogP contribution in [-0.4, -0.2) is 45.7 Å². The second kappa shape index (κ2) is 11.2. The predicted octanol–water partition coefficient (Wildman–Crippen LogP) is 5.43. The fourth-order valence-electron chi connectivity index (χ4n) is 4.31. The summed E-state index contributed by atoms with van der Waals surface area (Å²) in [6, 6.07) is 16.1. The minimum atomic E-state index is -0.297. The molecule has 0 saturated heterocycles. The molecule has 0 bridgehead atoms. The average Bonchev–Trinajstić information content (AvgIpc) is 2.74. The van der Waals surface area contributed by atoms with Gasteiger partial charge in [-0.15, -0.1) is 12.4 Å². The third kappa shape index (κ3) is 6.10. The first-order valence-electron chi connectivity index (χ1n) is 10.2. The summed E-state index contributed by atoms with van der Waals surface area (Å²) in [5.74, 6) is 1.68. The van der Waals surface area contributed by atoms with Gasteiger partial charge in [0, 0.05) is 6.54 Å². The van der Waals surface area contributed by atoms with Gasteiger partial charge < -0.3 is 14.4 Å². The number of carbonyl (C=O) groups excluding carboxylic acids is 1. The molecule has 0 aromatic heterocycles. The van der Waals surface area contributed by atoms with E-state index >= 15 is 0 Å². The zero-order chi connectivity index (χ0) is 20.8. The molecule has 2 aromatic carbocycles. The summed E-state index contributed by atoms with van der Waals surface area (Å²) in [5, 5.41) is 0. The molecule has 0 N–H and O–H groups in total. The average molecular weight is 430 g/mol. The van der Waals surface area contributed by atoms with Crippen LogP contribution >= 0.6 is 12.4 Å². The molecule has 1 fully saturated rings. The standard InChI is InChI=1S/C25H31NO3.ClH/c1-26(2)17-22-12-11-19(13-18-7-5-9-21(14-18)25(27)29-4)15-24(22)20-8-6-10-23(16-20)28-3;/h5-10,13-14,16,22,24H,11-12,15,17H2,1-4H3;1H/b19-13+;/t22-,24-;/m0./s1. The number of halogens is 1. The van der Waals surface area contributed by atoms with Crippen molar-refractivity contribution in [2.75, 3.05) is 34.9 Å². The molecular weight excluding hydrogens is 398 g/mol. The van der Waals surface area contributed by atoms with Crippen LogP contribution in [0.15, 0.2) is 54.1 Å². The Balaban J connectivity index is 0.00000320. The van der Waals surface area contributed by atoms with Crippen molar-refractivity contribution in [3.63, 3.8) is 0 Å². The largest absolute Gasteiger partial charge is 0.497 e. The van der Waals surface area contributed by atoms with E-state index in [1.54, 1.807) is 13.2 Å². The number of esters is 1. The molecule has 1 saturated carbocycles. The molecule has 4 nitrogen and oxygen atoms in total. The van der Waals surface area contributed by atoms with Gasteiger partial charge in [0.15, 0.2) is 0 Å². The predicted molar refractivity (Wildman–Crippen MR) is 125 cm³/mol. The molecule has 0 heterocycles. The van der Waals surface area contributed by atoms with E-state index < -0.39 is 0 Å². The van der Waals surface area contributed by atoms with E-state index in [2.05, 4.69) is 43.3 Å². The van der Waals surface area contributed by atoms with Gasteiger partial charge in [0.1, 0.15) is 5.75 Å². The van der Waals surface area contributed by atoms with Gasteiger partial charge in [0.2, 0.25) is 0 Å². The summed E-state index contributed by atoms with van der Waals surface area (Å²) in [4.78, 5) is 14.1. The van der Waals surface area contributed by atoms with Crippen molar-refractivity contribution in [3.05, 3.63) is 70.8 Å². The monoisotopic (exact) mass is 429 g/mol. The molecule has 0 unspecified atom stereocenters. The Morgan fingerprint density at radius 3 is 2.60 bits per heavy atom. The fourth-order valence-corrected chi connectivity index (χ4v) is 4.31. The van der Waals surface area contributed by atoms with Crippen molar-refractivity contribution in [1.82, 2.24) is 4.90 Å². The van der Waals surface area contributed by atoms with Crippen LogP contribution in [0.5, 0.6) is 5.75 Å². The van der Waals surface area contributed by atoms with Crippen LogP contribution in [0.25, 0.3) is 6.08 Å². The van der Waals surface area contributed by atoms with Gasteiger partial charge in [-0.05, 0) is 80.6 Å². The van der Waals surface area contributed by atoms with E-state index in [0.717, 1.165) is 37.1 Å². The lowest BCUT2D eigenvalue weighted by molar-refractivity contribution is 0.0600. The van der Waals surface area contributed by atoms with Crippen LogP contribution in [0.1, 0.15) is 46.7 Å². The summed E-state index contributed by atoms with van der Waals surface area (Å²) in [7, 11) is 7.42. The molecule has 0 aliphatic heterocycles. The SMILES string of the molecule is COC(=O)c1cccc(/C=C2\CC[C@@H](CN(C)C)[C@H](c3cccc(OC)c3)C2)c1.Cl. The second-order valence-electron chi connectivity index (χ2n) is 8.07. The molecule has 30 heavy (non-hydrogen) atoms. The molecule has 2 atom stereocenters. The smallest absolute Gasteiger partial charge is 0.337 e. The molecule has 0 amide bonds. The second-order valence-corrected chi connectivity index (χ2v) is 8.07. The molecule has 0 radical (unpaired) electrons. The van der Waals surface area contributed by atoms with Crippen LogP contribution in [-0.2, 0) is 4.74 Å². The maximum absolute atomic E-state index is 11.8. The Kier molecular flexibility index (Phi) is 8.94. The number of hydrogen-bond donors (Lipinski definition) is 0. The summed E-state index contributed by atoms with van der Waals surface area (Å²) in [6.07, 6.45) is 5.50. The summed E-state index contributed by atoms with van der Waals surface area (Å²) >= 11 is 0. The van der Waals surface area contributed by atoms with Gasteiger partial charge in [-0.25, -0.2) is 4.79 Å². The highest BCUT2D eigenvalue weighted by Gasteiger charge is 2.29. The zero-order valence-corrected chi connectivity index (χ0v) is 19.1. The molecule has 162 valence electrons. The van der Waals surface area contributed by atoms with Gasteiger partial charge in [0.25, 0.3) is 0 Å². The van der Waals surface area contributed by atoms with Gasteiger partial charge in [-0.1, -0.05) is 35.9 Å². The lowest BCUT2D eigenvalue weighted by atomic mass is 9.73. The van der Waals surface area contributed by atoms with Crippen molar-refractivity contribution in [2.24, 2.45) is 5.92 Å². The number of rotatable bonds is 6. The number of methoxy groups -OCH3 is 2. The van der Waals surface area contributed by atoms with Crippen LogP contribution in [0.2, 0.25) is 0 Å². The van der Waals surface area contributed by atoms with Crippen LogP contribution < -0.4 is 4.74 Å². The van der Waals surface area contributed by atoms with Gasteiger partial charge >= 0.3 is 5.97 Å².